The van der Waals surface area contributed by atoms with Crippen molar-refractivity contribution < 1.29 is 4.74 Å². The number of aromatic nitrogens is 1. The number of methoxy groups -OCH3 is 1. The van der Waals surface area contributed by atoms with E-state index in [1.807, 2.05) is 49.4 Å². The number of benzene rings is 2. The Kier molecular flexibility index (Phi) is 3.63. The lowest BCUT2D eigenvalue weighted by atomic mass is 10.1. The van der Waals surface area contributed by atoms with Gasteiger partial charge in [-0.3, -0.25) is 4.98 Å². The van der Waals surface area contributed by atoms with Crippen LogP contribution in [0.25, 0.3) is 10.9 Å². The first kappa shape index (κ1) is 13.9. The van der Waals surface area contributed by atoms with Crippen molar-refractivity contribution in [3.05, 3.63) is 59.8 Å². The van der Waals surface area contributed by atoms with Crippen molar-refractivity contribution in [1.29, 1.82) is 5.26 Å². The summed E-state index contributed by atoms with van der Waals surface area (Å²) in [7, 11) is 1.63. The van der Waals surface area contributed by atoms with Gasteiger partial charge in [0.15, 0.2) is 0 Å². The Labute approximate surface area is 129 Å². The summed E-state index contributed by atoms with van der Waals surface area (Å²) >= 11 is 0. The van der Waals surface area contributed by atoms with E-state index >= 15 is 0 Å². The normalized spacial score (nSPS) is 10.2. The molecular weight excluding hydrogens is 274 g/mol. The van der Waals surface area contributed by atoms with Gasteiger partial charge in [0.05, 0.1) is 29.6 Å². The van der Waals surface area contributed by atoms with Crippen LogP contribution < -0.4 is 10.1 Å². The molecule has 0 unspecified atom stereocenters. The Morgan fingerprint density at radius 1 is 1.18 bits per heavy atom. The molecule has 2 aromatic carbocycles. The quantitative estimate of drug-likeness (QED) is 0.786. The van der Waals surface area contributed by atoms with Crippen molar-refractivity contribution in [3.8, 4) is 11.8 Å². The Morgan fingerprint density at radius 3 is 2.77 bits per heavy atom. The molecule has 22 heavy (non-hydrogen) atoms. The van der Waals surface area contributed by atoms with E-state index in [0.29, 0.717) is 5.56 Å². The minimum atomic E-state index is 0.502. The van der Waals surface area contributed by atoms with Gasteiger partial charge in [-0.1, -0.05) is 24.3 Å². The number of pyridine rings is 1. The van der Waals surface area contributed by atoms with Crippen LogP contribution in [0.2, 0.25) is 0 Å². The molecule has 1 N–H and O–H groups in total. The molecule has 4 nitrogen and oxygen atoms in total. The molecule has 0 fully saturated rings. The fraction of sp³-hybridized carbons (Fsp3) is 0.111. The maximum Gasteiger partial charge on any atom is 0.142 e. The molecule has 108 valence electrons. The number of para-hydroxylation sites is 1. The minimum absolute atomic E-state index is 0.502. The highest BCUT2D eigenvalue weighted by atomic mass is 16.5. The summed E-state index contributed by atoms with van der Waals surface area (Å²) in [5.41, 5.74) is 4.03. The summed E-state index contributed by atoms with van der Waals surface area (Å²) in [5, 5.41) is 13.6. The maximum atomic E-state index is 9.38. The van der Waals surface area contributed by atoms with Crippen molar-refractivity contribution in [2.75, 3.05) is 12.4 Å². The third kappa shape index (κ3) is 2.45. The second-order valence-electron chi connectivity index (χ2n) is 5.00. The minimum Gasteiger partial charge on any atom is -0.495 e. The van der Waals surface area contributed by atoms with Crippen LogP contribution in [0.1, 0.15) is 11.1 Å². The number of hydrogen-bond donors (Lipinski definition) is 1. The second-order valence-corrected chi connectivity index (χ2v) is 5.00. The molecule has 1 aromatic heterocycles. The molecule has 0 saturated heterocycles. The Hall–Kier alpha value is -3.06. The number of nitriles is 1. The number of fused-ring (bicyclic) bond motifs is 1. The number of anilines is 2. The fourth-order valence-corrected chi connectivity index (χ4v) is 2.41. The highest BCUT2D eigenvalue weighted by Gasteiger charge is 2.11. The molecule has 3 rings (SSSR count). The van der Waals surface area contributed by atoms with Crippen LogP contribution in [0.4, 0.5) is 11.4 Å². The molecule has 0 saturated carbocycles. The van der Waals surface area contributed by atoms with Crippen LogP contribution in [0.5, 0.6) is 5.75 Å². The molecule has 3 aromatic rings. The summed E-state index contributed by atoms with van der Waals surface area (Å²) in [6.07, 6.45) is 1.59. The Bertz CT molecular complexity index is 881. The average Bonchev–Trinajstić information content (AvgIpc) is 2.55. The summed E-state index contributed by atoms with van der Waals surface area (Å²) in [6, 6.07) is 15.8. The molecule has 0 atom stereocenters. The van der Waals surface area contributed by atoms with Gasteiger partial charge in [-0.25, -0.2) is 0 Å². The van der Waals surface area contributed by atoms with Crippen LogP contribution in [-0.2, 0) is 0 Å². The van der Waals surface area contributed by atoms with Gasteiger partial charge in [0, 0.05) is 11.6 Å². The molecule has 4 heteroatoms. The Balaban J connectivity index is 2.19. The van der Waals surface area contributed by atoms with E-state index in [-0.39, 0.29) is 0 Å². The van der Waals surface area contributed by atoms with Crippen molar-refractivity contribution in [1.82, 2.24) is 4.98 Å². The van der Waals surface area contributed by atoms with E-state index in [9.17, 15) is 5.26 Å². The van der Waals surface area contributed by atoms with Crippen LogP contribution in [0.15, 0.2) is 48.7 Å². The van der Waals surface area contributed by atoms with Crippen LogP contribution in [0, 0.1) is 18.3 Å². The summed E-state index contributed by atoms with van der Waals surface area (Å²) in [6.45, 7) is 2.01. The van der Waals surface area contributed by atoms with Gasteiger partial charge in [-0.05, 0) is 30.7 Å². The fourth-order valence-electron chi connectivity index (χ4n) is 2.41. The second kappa shape index (κ2) is 5.74. The van der Waals surface area contributed by atoms with Crippen LogP contribution >= 0.6 is 0 Å². The zero-order chi connectivity index (χ0) is 15.5. The molecule has 0 aliphatic carbocycles. The lowest BCUT2D eigenvalue weighted by Gasteiger charge is -2.14. The zero-order valence-electron chi connectivity index (χ0n) is 12.4. The molecule has 0 spiro atoms. The van der Waals surface area contributed by atoms with E-state index in [2.05, 4.69) is 16.4 Å². The van der Waals surface area contributed by atoms with Crippen LogP contribution in [0.3, 0.4) is 0 Å². The third-order valence-electron chi connectivity index (χ3n) is 3.51. The number of nitrogens with zero attached hydrogens (tertiary/aromatic N) is 2. The van der Waals surface area contributed by atoms with E-state index in [1.165, 1.54) is 0 Å². The predicted octanol–water partition coefficient (Wildman–Crippen LogP) is 4.17. The summed E-state index contributed by atoms with van der Waals surface area (Å²) in [4.78, 5) is 4.32. The van der Waals surface area contributed by atoms with Gasteiger partial charge >= 0.3 is 0 Å². The predicted molar refractivity (Wildman–Crippen MR) is 87.5 cm³/mol. The topological polar surface area (TPSA) is 57.9 Å². The first-order valence-electron chi connectivity index (χ1n) is 6.92. The van der Waals surface area contributed by atoms with Crippen molar-refractivity contribution in [2.45, 2.75) is 6.92 Å². The van der Waals surface area contributed by atoms with Gasteiger partial charge in [0.25, 0.3) is 0 Å². The molecule has 0 radical (unpaired) electrons. The van der Waals surface area contributed by atoms with Gasteiger partial charge in [-0.15, -0.1) is 0 Å². The SMILES string of the molecule is COc1ccc(C)cc1Nc1c(C#N)cnc2ccccc12. The van der Waals surface area contributed by atoms with Gasteiger partial charge in [0.1, 0.15) is 11.8 Å². The maximum absolute atomic E-state index is 9.38. The molecular formula is C18H15N3O. The molecule has 0 amide bonds. The van der Waals surface area contributed by atoms with E-state index < -0.39 is 0 Å². The first-order chi connectivity index (χ1) is 10.7. The number of nitrogens with one attached hydrogen (secondary N) is 1. The monoisotopic (exact) mass is 289 g/mol. The highest BCUT2D eigenvalue weighted by Crippen LogP contribution is 2.33. The summed E-state index contributed by atoms with van der Waals surface area (Å²) in [5.74, 6) is 0.732. The molecule has 1 heterocycles. The number of rotatable bonds is 3. The number of ether oxygens (including phenoxy) is 1. The Morgan fingerprint density at radius 2 is 2.00 bits per heavy atom. The van der Waals surface area contributed by atoms with E-state index in [1.54, 1.807) is 13.3 Å². The molecule has 0 bridgehead atoms. The van der Waals surface area contributed by atoms with Crippen molar-refractivity contribution >= 4 is 22.3 Å². The first-order valence-corrected chi connectivity index (χ1v) is 6.92. The van der Waals surface area contributed by atoms with E-state index in [4.69, 9.17) is 4.74 Å². The lowest BCUT2D eigenvalue weighted by molar-refractivity contribution is 0.416. The lowest BCUT2D eigenvalue weighted by Crippen LogP contribution is -1.99. The standard InChI is InChI=1S/C18H15N3O/c1-12-7-8-17(22-2)16(9-12)21-18-13(10-19)11-20-15-6-4-3-5-14(15)18/h3-9,11H,1-2H3,(H,20,21). The van der Waals surface area contributed by atoms with Gasteiger partial charge in [0.2, 0.25) is 0 Å². The summed E-state index contributed by atoms with van der Waals surface area (Å²) < 4.78 is 5.40. The van der Waals surface area contributed by atoms with Crippen molar-refractivity contribution in [3.63, 3.8) is 0 Å². The number of hydrogen-bond acceptors (Lipinski definition) is 4. The smallest absolute Gasteiger partial charge is 0.142 e. The van der Waals surface area contributed by atoms with Crippen LogP contribution in [-0.4, -0.2) is 12.1 Å². The number of aryl methyl sites for hydroxylation is 1. The largest absolute Gasteiger partial charge is 0.495 e. The van der Waals surface area contributed by atoms with E-state index in [0.717, 1.165) is 33.6 Å². The molecule has 0 aliphatic rings. The average molecular weight is 289 g/mol. The van der Waals surface area contributed by atoms with Crippen molar-refractivity contribution in [2.24, 2.45) is 0 Å². The van der Waals surface area contributed by atoms with Gasteiger partial charge in [-0.2, -0.15) is 5.26 Å². The zero-order valence-corrected chi connectivity index (χ0v) is 12.4. The van der Waals surface area contributed by atoms with Gasteiger partial charge < -0.3 is 10.1 Å². The molecule has 0 aliphatic heterocycles. The third-order valence-corrected chi connectivity index (χ3v) is 3.51. The highest BCUT2D eigenvalue weighted by molar-refractivity contribution is 5.96.